The Hall–Kier alpha value is -4.20. The van der Waals surface area contributed by atoms with E-state index in [1.54, 1.807) is 46.9 Å². The second-order valence-electron chi connectivity index (χ2n) is 9.91. The van der Waals surface area contributed by atoms with Crippen molar-refractivity contribution >= 4 is 23.5 Å². The van der Waals surface area contributed by atoms with Crippen LogP contribution in [0.15, 0.2) is 30.7 Å². The number of alkyl carbamates (subject to hydrolysis) is 1. The fourth-order valence-corrected chi connectivity index (χ4v) is 4.25. The number of amides is 1. The van der Waals surface area contributed by atoms with Crippen molar-refractivity contribution in [1.29, 1.82) is 0 Å². The van der Waals surface area contributed by atoms with Gasteiger partial charge in [0.15, 0.2) is 5.65 Å². The Kier molecular flexibility index (Phi) is 7.80. The summed E-state index contributed by atoms with van der Waals surface area (Å²) in [5.74, 6) is 5.62. The number of rotatable bonds is 5. The third-order valence-corrected chi connectivity index (χ3v) is 5.78. The number of pyridine rings is 1. The molecule has 1 fully saturated rings. The first-order valence-electron chi connectivity index (χ1n) is 12.5. The lowest BCUT2D eigenvalue weighted by Gasteiger charge is -2.26. The van der Waals surface area contributed by atoms with Crippen molar-refractivity contribution in [3.05, 3.63) is 53.4 Å². The minimum absolute atomic E-state index is 0.236. The van der Waals surface area contributed by atoms with Crippen LogP contribution in [0.3, 0.4) is 0 Å². The minimum Gasteiger partial charge on any atom is -0.462 e. The minimum atomic E-state index is -0.625. The quantitative estimate of drug-likeness (QED) is 0.395. The third kappa shape index (κ3) is 6.19. The van der Waals surface area contributed by atoms with Gasteiger partial charge in [0.2, 0.25) is 0 Å². The molecule has 1 amide bonds. The van der Waals surface area contributed by atoms with Crippen molar-refractivity contribution < 1.29 is 23.5 Å². The SMILES string of the molecule is CCOC(=O)c1cnn2ccc(N3CCCC3c3cc(F)cnc3C#C[C@@H](C)NC(=O)OC(C)(C)C)nc12. The van der Waals surface area contributed by atoms with E-state index in [0.29, 0.717) is 29.3 Å². The molecule has 200 valence electrons. The predicted molar refractivity (Wildman–Crippen MR) is 138 cm³/mol. The summed E-state index contributed by atoms with van der Waals surface area (Å²) in [6.45, 7) is 9.72. The number of esters is 1. The zero-order valence-corrected chi connectivity index (χ0v) is 22.1. The summed E-state index contributed by atoms with van der Waals surface area (Å²) in [5, 5.41) is 6.87. The van der Waals surface area contributed by atoms with E-state index in [9.17, 15) is 14.0 Å². The van der Waals surface area contributed by atoms with E-state index in [1.165, 1.54) is 16.8 Å². The van der Waals surface area contributed by atoms with Gasteiger partial charge in [-0.3, -0.25) is 0 Å². The molecule has 4 heterocycles. The van der Waals surface area contributed by atoms with Crippen LogP contribution in [0.2, 0.25) is 0 Å². The highest BCUT2D eigenvalue weighted by molar-refractivity contribution is 5.95. The Labute approximate surface area is 220 Å². The molecule has 0 saturated carbocycles. The van der Waals surface area contributed by atoms with E-state index in [-0.39, 0.29) is 18.2 Å². The average molecular weight is 523 g/mol. The van der Waals surface area contributed by atoms with Crippen molar-refractivity contribution in [2.75, 3.05) is 18.1 Å². The Morgan fingerprint density at radius 2 is 2.11 bits per heavy atom. The molecule has 3 aromatic rings. The monoisotopic (exact) mass is 522 g/mol. The van der Waals surface area contributed by atoms with Crippen molar-refractivity contribution in [2.45, 2.75) is 65.1 Å². The number of carbonyl (C=O) groups is 2. The highest BCUT2D eigenvalue weighted by atomic mass is 19.1. The number of anilines is 1. The topological polar surface area (TPSA) is 111 Å². The predicted octanol–water partition coefficient (Wildman–Crippen LogP) is 4.05. The summed E-state index contributed by atoms with van der Waals surface area (Å²) >= 11 is 0. The Balaban J connectivity index is 1.61. The van der Waals surface area contributed by atoms with Crippen LogP contribution in [0.25, 0.3) is 5.65 Å². The number of nitrogens with one attached hydrogen (secondary N) is 1. The molecule has 38 heavy (non-hydrogen) atoms. The molecule has 0 aromatic carbocycles. The lowest BCUT2D eigenvalue weighted by molar-refractivity contribution is 0.0512. The molecule has 10 nitrogen and oxygen atoms in total. The maximum Gasteiger partial charge on any atom is 0.408 e. The molecule has 0 spiro atoms. The van der Waals surface area contributed by atoms with Gasteiger partial charge in [-0.15, -0.1) is 0 Å². The van der Waals surface area contributed by atoms with Crippen LogP contribution in [-0.2, 0) is 9.47 Å². The van der Waals surface area contributed by atoms with Gasteiger partial charge in [0.25, 0.3) is 0 Å². The van der Waals surface area contributed by atoms with E-state index in [1.807, 2.05) is 4.90 Å². The molecule has 11 heteroatoms. The van der Waals surface area contributed by atoms with Crippen molar-refractivity contribution in [3.8, 4) is 11.8 Å². The summed E-state index contributed by atoms with van der Waals surface area (Å²) < 4.78 is 26.3. The number of hydrogen-bond donors (Lipinski definition) is 1. The van der Waals surface area contributed by atoms with Crippen LogP contribution in [0.1, 0.15) is 75.1 Å². The number of halogens is 1. The molecular formula is C27H31FN6O4. The number of hydrogen-bond acceptors (Lipinski definition) is 8. The number of fused-ring (bicyclic) bond motifs is 1. The molecule has 1 N–H and O–H groups in total. The summed E-state index contributed by atoms with van der Waals surface area (Å²) in [6, 6.07) is 2.49. The Bertz CT molecular complexity index is 1400. The van der Waals surface area contributed by atoms with Crippen molar-refractivity contribution in [2.24, 2.45) is 0 Å². The molecule has 0 aliphatic carbocycles. The highest BCUT2D eigenvalue weighted by Gasteiger charge is 2.30. The first-order chi connectivity index (χ1) is 18.1. The Morgan fingerprint density at radius 3 is 2.84 bits per heavy atom. The maximum absolute atomic E-state index is 14.4. The van der Waals surface area contributed by atoms with Crippen molar-refractivity contribution in [1.82, 2.24) is 24.9 Å². The smallest absolute Gasteiger partial charge is 0.408 e. The van der Waals surface area contributed by atoms with Crippen LogP contribution >= 0.6 is 0 Å². The average Bonchev–Trinajstić information content (AvgIpc) is 3.49. The molecule has 2 atom stereocenters. The van der Waals surface area contributed by atoms with Crippen LogP contribution in [0.5, 0.6) is 0 Å². The molecule has 0 bridgehead atoms. The molecule has 1 aliphatic rings. The lowest BCUT2D eigenvalue weighted by atomic mass is 10.0. The summed E-state index contributed by atoms with van der Waals surface area (Å²) in [4.78, 5) is 35.4. The maximum atomic E-state index is 14.4. The summed E-state index contributed by atoms with van der Waals surface area (Å²) in [6.07, 6.45) is 5.30. The first-order valence-corrected chi connectivity index (χ1v) is 12.5. The van der Waals surface area contributed by atoms with Gasteiger partial charge >= 0.3 is 12.1 Å². The first kappa shape index (κ1) is 26.9. The van der Waals surface area contributed by atoms with Gasteiger partial charge in [0, 0.05) is 18.3 Å². The van der Waals surface area contributed by atoms with E-state index in [4.69, 9.17) is 14.5 Å². The third-order valence-electron chi connectivity index (χ3n) is 5.78. The lowest BCUT2D eigenvalue weighted by Crippen LogP contribution is -2.37. The van der Waals surface area contributed by atoms with Crippen LogP contribution in [0.4, 0.5) is 15.0 Å². The molecular weight excluding hydrogens is 491 g/mol. The van der Waals surface area contributed by atoms with Crippen LogP contribution in [0, 0.1) is 17.7 Å². The molecule has 1 unspecified atom stereocenters. The molecule has 1 aliphatic heterocycles. The number of ether oxygens (including phenoxy) is 2. The number of aromatic nitrogens is 4. The van der Waals surface area contributed by atoms with Crippen molar-refractivity contribution in [3.63, 3.8) is 0 Å². The van der Waals surface area contributed by atoms with Gasteiger partial charge in [-0.25, -0.2) is 28.5 Å². The number of nitrogens with zero attached hydrogens (tertiary/aromatic N) is 5. The zero-order chi connectivity index (χ0) is 27.4. The van der Waals surface area contributed by atoms with Gasteiger partial charge in [0.1, 0.15) is 28.5 Å². The number of carbonyl (C=O) groups excluding carboxylic acids is 2. The molecule has 4 rings (SSSR count). The Morgan fingerprint density at radius 1 is 1.32 bits per heavy atom. The van der Waals surface area contributed by atoms with E-state index in [0.717, 1.165) is 19.0 Å². The van der Waals surface area contributed by atoms with Gasteiger partial charge in [-0.05, 0) is 65.5 Å². The zero-order valence-electron chi connectivity index (χ0n) is 22.1. The van der Waals surface area contributed by atoms with E-state index < -0.39 is 29.5 Å². The normalized spacial score (nSPS) is 16.1. The molecule has 3 aromatic heterocycles. The van der Waals surface area contributed by atoms with Gasteiger partial charge < -0.3 is 19.7 Å². The van der Waals surface area contributed by atoms with Crippen LogP contribution < -0.4 is 10.2 Å². The van der Waals surface area contributed by atoms with E-state index >= 15 is 0 Å². The van der Waals surface area contributed by atoms with Gasteiger partial charge in [-0.2, -0.15) is 5.10 Å². The largest absolute Gasteiger partial charge is 0.462 e. The van der Waals surface area contributed by atoms with Gasteiger partial charge in [-0.1, -0.05) is 5.92 Å². The van der Waals surface area contributed by atoms with Gasteiger partial charge in [0.05, 0.1) is 31.1 Å². The standard InChI is InChI=1S/C27H31FN6O4/c1-6-37-25(35)20-16-30-34-13-11-23(32-24(20)34)33-12-7-8-22(33)19-14-18(28)15-29-21(19)10-9-17(2)31-26(36)38-27(3,4)5/h11,13-17,22H,6-8,12H2,1-5H3,(H,31,36)/t17-,22?/m1/s1. The summed E-state index contributed by atoms with van der Waals surface area (Å²) in [7, 11) is 0. The second-order valence-corrected chi connectivity index (χ2v) is 9.91. The molecule has 1 saturated heterocycles. The van der Waals surface area contributed by atoms with E-state index in [2.05, 4.69) is 27.2 Å². The fourth-order valence-electron chi connectivity index (χ4n) is 4.25. The summed E-state index contributed by atoms with van der Waals surface area (Å²) in [5.41, 5.74) is 1.07. The highest BCUT2D eigenvalue weighted by Crippen LogP contribution is 2.36. The molecule has 0 radical (unpaired) electrons. The van der Waals surface area contributed by atoms with Crippen LogP contribution in [-0.4, -0.2) is 56.4 Å². The second kappa shape index (κ2) is 11.0. The fraction of sp³-hybridized carbons (Fsp3) is 0.444.